The van der Waals surface area contributed by atoms with E-state index in [0.29, 0.717) is 24.6 Å². The van der Waals surface area contributed by atoms with Crippen molar-refractivity contribution in [2.75, 3.05) is 6.54 Å². The minimum atomic E-state index is -0.953. The lowest BCUT2D eigenvalue weighted by molar-refractivity contribution is -0.150. The molecule has 1 saturated heterocycles. The molecule has 182 valence electrons. The lowest BCUT2D eigenvalue weighted by atomic mass is 9.64. The molecule has 2 fully saturated rings. The Morgan fingerprint density at radius 2 is 1.94 bits per heavy atom. The summed E-state index contributed by atoms with van der Waals surface area (Å²) in [5, 5.41) is 6.79. The minimum absolute atomic E-state index is 0.0815. The molecule has 4 rings (SSSR count). The molecule has 1 aromatic heterocycles. The van der Waals surface area contributed by atoms with Crippen LogP contribution in [0.5, 0.6) is 0 Å². The van der Waals surface area contributed by atoms with Crippen molar-refractivity contribution in [1.29, 1.82) is 0 Å². The van der Waals surface area contributed by atoms with Gasteiger partial charge in [-0.2, -0.15) is 4.98 Å². The number of urea groups is 1. The summed E-state index contributed by atoms with van der Waals surface area (Å²) in [5.74, 6) is 0.151. The van der Waals surface area contributed by atoms with Gasteiger partial charge in [-0.1, -0.05) is 64.0 Å². The van der Waals surface area contributed by atoms with Crippen molar-refractivity contribution in [3.63, 3.8) is 0 Å². The van der Waals surface area contributed by atoms with Crippen LogP contribution in [0, 0.1) is 11.3 Å². The number of rotatable bonds is 6. The first-order valence-electron chi connectivity index (χ1n) is 11.7. The summed E-state index contributed by atoms with van der Waals surface area (Å²) in [6.45, 7) is 9.80. The first-order valence-corrected chi connectivity index (χ1v) is 11.7. The molecule has 2 heterocycles. The Morgan fingerprint density at radius 3 is 2.59 bits per heavy atom. The molecule has 2 aliphatic rings. The van der Waals surface area contributed by atoms with Gasteiger partial charge in [0.2, 0.25) is 5.82 Å². The van der Waals surface area contributed by atoms with Gasteiger partial charge in [-0.05, 0) is 42.1 Å². The number of nitrogens with zero attached hydrogens (tertiary/aromatic N) is 3. The molecular weight excluding hydrogens is 436 g/mol. The molecule has 0 bridgehead atoms. The third-order valence-corrected chi connectivity index (χ3v) is 6.57. The lowest BCUT2D eigenvalue weighted by Gasteiger charge is -2.43. The normalized spacial score (nSPS) is 24.1. The fraction of sp³-hybridized carbons (Fsp3) is 0.560. The van der Waals surface area contributed by atoms with E-state index in [1.54, 1.807) is 0 Å². The topological polar surface area (TPSA) is 115 Å². The summed E-state index contributed by atoms with van der Waals surface area (Å²) in [6, 6.07) is 7.29. The molecule has 0 radical (unpaired) electrons. The van der Waals surface area contributed by atoms with Gasteiger partial charge in [0.15, 0.2) is 6.61 Å². The number of esters is 1. The van der Waals surface area contributed by atoms with Crippen LogP contribution in [0.1, 0.15) is 71.3 Å². The summed E-state index contributed by atoms with van der Waals surface area (Å²) in [5.41, 5.74) is 0.961. The van der Waals surface area contributed by atoms with Crippen LogP contribution in [0.15, 0.2) is 28.8 Å². The first-order chi connectivity index (χ1) is 16.0. The maximum absolute atomic E-state index is 13.2. The third-order valence-electron chi connectivity index (χ3n) is 6.57. The van der Waals surface area contributed by atoms with Crippen molar-refractivity contribution in [3.05, 3.63) is 35.7 Å². The van der Waals surface area contributed by atoms with Crippen molar-refractivity contribution in [1.82, 2.24) is 20.4 Å². The highest BCUT2D eigenvalue weighted by Gasteiger charge is 2.56. The van der Waals surface area contributed by atoms with Gasteiger partial charge in [-0.25, -0.2) is 4.79 Å². The van der Waals surface area contributed by atoms with Crippen LogP contribution in [0.3, 0.4) is 0 Å². The number of hydrogen-bond donors (Lipinski definition) is 1. The zero-order valence-electron chi connectivity index (χ0n) is 20.4. The van der Waals surface area contributed by atoms with Gasteiger partial charge >= 0.3 is 12.0 Å². The minimum Gasteiger partial charge on any atom is -0.454 e. The predicted molar refractivity (Wildman–Crippen MR) is 123 cm³/mol. The second-order valence-electron chi connectivity index (χ2n) is 10.7. The van der Waals surface area contributed by atoms with Crippen LogP contribution < -0.4 is 5.32 Å². The number of carbonyl (C=O) groups excluding carboxylic acids is 3. The zero-order valence-corrected chi connectivity index (χ0v) is 20.4. The highest BCUT2D eigenvalue weighted by atomic mass is 16.6. The molecule has 1 aromatic carbocycles. The molecule has 34 heavy (non-hydrogen) atoms. The second kappa shape index (κ2) is 8.85. The number of aromatic nitrogens is 2. The highest BCUT2D eigenvalue weighted by molar-refractivity contribution is 6.08. The van der Waals surface area contributed by atoms with Crippen LogP contribution in [0.2, 0.25) is 0 Å². The van der Waals surface area contributed by atoms with E-state index in [1.165, 1.54) is 5.56 Å². The third kappa shape index (κ3) is 4.83. The average molecular weight is 469 g/mol. The van der Waals surface area contributed by atoms with Crippen molar-refractivity contribution in [2.24, 2.45) is 11.3 Å². The molecule has 1 saturated carbocycles. The SMILES string of the molecule is CC1CC(C)(C)CC2(C1)NC(=O)N(CC(=O)OCc1nc(-c3ccc(C(C)C)cc3)no1)C2=O. The Bertz CT molecular complexity index is 1090. The predicted octanol–water partition coefficient (Wildman–Crippen LogP) is 4.04. The van der Waals surface area contributed by atoms with Gasteiger partial charge in [-0.3, -0.25) is 14.5 Å². The van der Waals surface area contributed by atoms with E-state index in [-0.39, 0.29) is 29.7 Å². The van der Waals surface area contributed by atoms with Gasteiger partial charge < -0.3 is 14.6 Å². The Labute approximate surface area is 199 Å². The maximum atomic E-state index is 13.2. The Hall–Kier alpha value is -3.23. The molecule has 3 amide bonds. The van der Waals surface area contributed by atoms with Gasteiger partial charge in [0.1, 0.15) is 12.1 Å². The average Bonchev–Trinajstić information content (AvgIpc) is 3.30. The van der Waals surface area contributed by atoms with Crippen molar-refractivity contribution < 1.29 is 23.6 Å². The van der Waals surface area contributed by atoms with E-state index in [0.717, 1.165) is 16.9 Å². The van der Waals surface area contributed by atoms with Crippen LogP contribution in [-0.4, -0.2) is 45.0 Å². The summed E-state index contributed by atoms with van der Waals surface area (Å²) in [4.78, 5) is 43.3. The molecule has 2 unspecified atom stereocenters. The number of hydrogen-bond acceptors (Lipinski definition) is 7. The van der Waals surface area contributed by atoms with Crippen LogP contribution in [0.4, 0.5) is 4.79 Å². The van der Waals surface area contributed by atoms with E-state index >= 15 is 0 Å². The standard InChI is InChI=1S/C25H32N4O5/c1-15(2)17-6-8-18(9-7-17)21-26-19(34-28-21)13-33-20(30)12-29-22(31)25(27-23(29)32)11-16(3)10-24(4,5)14-25/h6-9,15-16H,10-14H2,1-5H3,(H,27,32). The van der Waals surface area contributed by atoms with Crippen LogP contribution in [-0.2, 0) is 20.9 Å². The van der Waals surface area contributed by atoms with E-state index in [4.69, 9.17) is 9.26 Å². The lowest BCUT2D eigenvalue weighted by Crippen LogP contribution is -2.54. The van der Waals surface area contributed by atoms with E-state index in [2.05, 4.69) is 50.1 Å². The number of imide groups is 1. The van der Waals surface area contributed by atoms with Crippen molar-refractivity contribution in [3.8, 4) is 11.4 Å². The van der Waals surface area contributed by atoms with E-state index in [1.807, 2.05) is 24.3 Å². The molecule has 1 spiro atoms. The number of carbonyl (C=O) groups is 3. The van der Waals surface area contributed by atoms with Crippen LogP contribution >= 0.6 is 0 Å². The molecular formula is C25H32N4O5. The fourth-order valence-electron chi connectivity index (χ4n) is 5.41. The quantitative estimate of drug-likeness (QED) is 0.502. The summed E-state index contributed by atoms with van der Waals surface area (Å²) in [7, 11) is 0. The molecule has 1 N–H and O–H groups in total. The second-order valence-corrected chi connectivity index (χ2v) is 10.7. The number of ether oxygens (including phenoxy) is 1. The molecule has 1 aliphatic heterocycles. The molecule has 1 aliphatic carbocycles. The van der Waals surface area contributed by atoms with E-state index in [9.17, 15) is 14.4 Å². The molecule has 2 atom stereocenters. The molecule has 9 nitrogen and oxygen atoms in total. The van der Waals surface area contributed by atoms with Crippen LogP contribution in [0.25, 0.3) is 11.4 Å². The zero-order chi connectivity index (χ0) is 24.7. The monoisotopic (exact) mass is 468 g/mol. The fourth-order valence-corrected chi connectivity index (χ4v) is 5.41. The van der Waals surface area contributed by atoms with Crippen molar-refractivity contribution in [2.45, 2.75) is 71.9 Å². The number of nitrogens with one attached hydrogen (secondary N) is 1. The number of amides is 3. The van der Waals surface area contributed by atoms with Crippen molar-refractivity contribution >= 4 is 17.9 Å². The largest absolute Gasteiger partial charge is 0.454 e. The molecule has 2 aromatic rings. The Kier molecular flexibility index (Phi) is 6.22. The Balaban J connectivity index is 1.35. The van der Waals surface area contributed by atoms with Gasteiger partial charge in [0.25, 0.3) is 11.8 Å². The summed E-state index contributed by atoms with van der Waals surface area (Å²) in [6.07, 6.45) is 2.09. The Morgan fingerprint density at radius 1 is 1.24 bits per heavy atom. The molecule has 9 heteroatoms. The smallest absolute Gasteiger partial charge is 0.326 e. The van der Waals surface area contributed by atoms with E-state index < -0.39 is 24.1 Å². The van der Waals surface area contributed by atoms with Gasteiger partial charge in [0.05, 0.1) is 0 Å². The van der Waals surface area contributed by atoms with Gasteiger partial charge in [-0.15, -0.1) is 0 Å². The first kappa shape index (κ1) is 23.9. The number of benzene rings is 1. The van der Waals surface area contributed by atoms with Gasteiger partial charge in [0, 0.05) is 5.56 Å². The highest BCUT2D eigenvalue weighted by Crippen LogP contribution is 2.46. The summed E-state index contributed by atoms with van der Waals surface area (Å²) < 4.78 is 10.4. The maximum Gasteiger partial charge on any atom is 0.326 e. The summed E-state index contributed by atoms with van der Waals surface area (Å²) >= 11 is 0.